The topological polar surface area (TPSA) is 235 Å². The number of alkyl carbamates (subject to hydrolysis) is 2. The van der Waals surface area contributed by atoms with Gasteiger partial charge in [-0.05, 0) is 81.0 Å². The van der Waals surface area contributed by atoms with Crippen LogP contribution in [0.1, 0.15) is 81.5 Å². The monoisotopic (exact) mass is 960 g/mol. The summed E-state index contributed by atoms with van der Waals surface area (Å²) in [5.74, 6) is -3.60. The second-order valence-electron chi connectivity index (χ2n) is 17.9. The molecule has 2 heterocycles. The number of amides is 5. The molecule has 18 nitrogen and oxygen atoms in total. The van der Waals surface area contributed by atoms with Crippen molar-refractivity contribution < 1.29 is 57.2 Å². The molecule has 4 aromatic carbocycles. The number of benzene rings is 4. The van der Waals surface area contributed by atoms with Gasteiger partial charge in [0.15, 0.2) is 0 Å². The second-order valence-corrected chi connectivity index (χ2v) is 17.9. The van der Waals surface area contributed by atoms with Crippen molar-refractivity contribution in [2.45, 2.75) is 115 Å². The molecule has 2 aliphatic heterocycles. The van der Waals surface area contributed by atoms with Crippen molar-refractivity contribution in [1.82, 2.24) is 20.4 Å². The summed E-state index contributed by atoms with van der Waals surface area (Å²) in [6.07, 6.45) is -2.71. The number of fused-ring (bicyclic) bond motifs is 1. The average Bonchev–Trinajstić information content (AvgIpc) is 3.72. The fourth-order valence-corrected chi connectivity index (χ4v) is 8.17. The molecule has 70 heavy (non-hydrogen) atoms. The standard InChI is InChI=1S/C52H60N6O12/c1-52(2,3)70-47(62)43-29-39(30-44(59)66-31-35-17-8-4-9-18-35)41-26-27-42(46(61)57(41)43)58(51(65)69-34-38-23-14-7-15-24-38)45(60)40(53)25-16-28-54-48(55-49(63)67-32-36-19-10-5-11-20-36)56-50(64)68-33-37-21-12-6-13-22-37/h4-15,17-24,39-43H,16,25-34,53H2,1-3H3,(H2,54,55,56,63,64)/t39-,40+,41-,42+,43+/m1/s1. The first-order chi connectivity index (χ1) is 33.6. The van der Waals surface area contributed by atoms with E-state index in [0.717, 1.165) is 21.6 Å². The Labute approximate surface area is 406 Å². The van der Waals surface area contributed by atoms with E-state index in [4.69, 9.17) is 29.4 Å². The number of nitrogens with zero attached hydrogens (tertiary/aromatic N) is 3. The molecular formula is C52H60N6O12. The summed E-state index contributed by atoms with van der Waals surface area (Å²) in [5, 5.41) is 4.83. The van der Waals surface area contributed by atoms with Gasteiger partial charge in [0.05, 0.1) is 12.5 Å². The molecule has 5 atom stereocenters. The Morgan fingerprint density at radius 2 is 1.17 bits per heavy atom. The second kappa shape index (κ2) is 25.1. The zero-order valence-corrected chi connectivity index (χ0v) is 39.5. The molecule has 4 aromatic rings. The summed E-state index contributed by atoms with van der Waals surface area (Å²) in [6, 6.07) is 31.3. The molecule has 0 bridgehead atoms. The number of hydrogen-bond acceptors (Lipinski definition) is 14. The average molecular weight is 961 g/mol. The minimum Gasteiger partial charge on any atom is -0.461 e. The molecule has 2 fully saturated rings. The maximum Gasteiger partial charge on any atom is 0.417 e. The van der Waals surface area contributed by atoms with Gasteiger partial charge in [0, 0.05) is 12.6 Å². The number of carbonyl (C=O) groups is 7. The molecule has 0 aliphatic carbocycles. The van der Waals surface area contributed by atoms with Crippen LogP contribution in [0.2, 0.25) is 0 Å². The lowest BCUT2D eigenvalue weighted by molar-refractivity contribution is -0.167. The molecule has 0 radical (unpaired) electrons. The Hall–Kier alpha value is -7.60. The van der Waals surface area contributed by atoms with Crippen LogP contribution in [-0.4, -0.2) is 94.1 Å². The van der Waals surface area contributed by atoms with Crippen molar-refractivity contribution in [2.75, 3.05) is 6.54 Å². The third-order valence-corrected chi connectivity index (χ3v) is 11.5. The molecular weight excluding hydrogens is 901 g/mol. The van der Waals surface area contributed by atoms with E-state index in [2.05, 4.69) is 15.6 Å². The third-order valence-electron chi connectivity index (χ3n) is 11.5. The Balaban J connectivity index is 1.16. The van der Waals surface area contributed by atoms with E-state index >= 15 is 0 Å². The lowest BCUT2D eigenvalue weighted by Crippen LogP contribution is -2.62. The number of guanidine groups is 1. The van der Waals surface area contributed by atoms with E-state index in [0.29, 0.717) is 5.56 Å². The predicted molar refractivity (Wildman–Crippen MR) is 255 cm³/mol. The number of hydrogen-bond donors (Lipinski definition) is 3. The number of rotatable bonds is 17. The Morgan fingerprint density at radius 1 is 0.700 bits per heavy atom. The normalized spacial score (nSPS) is 17.7. The summed E-state index contributed by atoms with van der Waals surface area (Å²) < 4.78 is 27.6. The van der Waals surface area contributed by atoms with Crippen molar-refractivity contribution in [3.63, 3.8) is 0 Å². The Bertz CT molecular complexity index is 2380. The van der Waals surface area contributed by atoms with Crippen molar-refractivity contribution >= 4 is 48.0 Å². The van der Waals surface area contributed by atoms with E-state index in [-0.39, 0.29) is 77.5 Å². The van der Waals surface area contributed by atoms with Crippen LogP contribution in [0.25, 0.3) is 0 Å². The maximum absolute atomic E-state index is 14.8. The molecule has 0 saturated carbocycles. The summed E-state index contributed by atoms with van der Waals surface area (Å²) >= 11 is 0. The Morgan fingerprint density at radius 3 is 1.66 bits per heavy atom. The molecule has 5 amide bonds. The number of piperidine rings is 1. The van der Waals surface area contributed by atoms with Gasteiger partial charge in [0.1, 0.15) is 44.1 Å². The van der Waals surface area contributed by atoms with Gasteiger partial charge < -0.3 is 34.3 Å². The smallest absolute Gasteiger partial charge is 0.417 e. The van der Waals surface area contributed by atoms with Gasteiger partial charge in [-0.3, -0.25) is 30.0 Å². The van der Waals surface area contributed by atoms with Gasteiger partial charge in [0.25, 0.3) is 0 Å². The van der Waals surface area contributed by atoms with Gasteiger partial charge >= 0.3 is 30.2 Å². The molecule has 2 saturated heterocycles. The molecule has 4 N–H and O–H groups in total. The molecule has 0 spiro atoms. The number of nitrogens with two attached hydrogens (primary N) is 1. The van der Waals surface area contributed by atoms with E-state index < -0.39 is 77.7 Å². The molecule has 0 unspecified atom stereocenters. The first-order valence-electron chi connectivity index (χ1n) is 23.2. The highest BCUT2D eigenvalue weighted by Gasteiger charge is 2.55. The predicted octanol–water partition coefficient (Wildman–Crippen LogP) is 6.69. The fourth-order valence-electron chi connectivity index (χ4n) is 8.17. The summed E-state index contributed by atoms with van der Waals surface area (Å²) in [7, 11) is 0. The number of imide groups is 1. The lowest BCUT2D eigenvalue weighted by atomic mass is 9.88. The van der Waals surface area contributed by atoms with Crippen molar-refractivity contribution in [3.8, 4) is 0 Å². The van der Waals surface area contributed by atoms with Crippen molar-refractivity contribution in [2.24, 2.45) is 16.6 Å². The number of ether oxygens (including phenoxy) is 5. The fraction of sp³-hybridized carbons (Fsp3) is 0.385. The Kier molecular flexibility index (Phi) is 18.6. The van der Waals surface area contributed by atoms with Gasteiger partial charge in [-0.25, -0.2) is 24.1 Å². The zero-order valence-electron chi connectivity index (χ0n) is 39.5. The van der Waals surface area contributed by atoms with Gasteiger partial charge in [0.2, 0.25) is 17.8 Å². The SMILES string of the molecule is CC(C)(C)OC(=O)[C@@H]1C[C@H](CC(=O)OCc2ccccc2)[C@H]2CC[C@H](N(C(=O)OCc3ccccc3)C(=O)[C@@H](N)CCCN=C(NC(=O)OCc3ccccc3)NC(=O)OCc3ccccc3)C(=O)N21. The molecule has 370 valence electrons. The highest BCUT2D eigenvalue weighted by molar-refractivity contribution is 6.02. The van der Waals surface area contributed by atoms with Crippen LogP contribution in [0.3, 0.4) is 0 Å². The molecule has 0 aromatic heterocycles. The summed E-state index contributed by atoms with van der Waals surface area (Å²) in [6.45, 7) is 4.71. The summed E-state index contributed by atoms with van der Waals surface area (Å²) in [4.78, 5) is 102. The highest BCUT2D eigenvalue weighted by atomic mass is 16.6. The number of carbonyl (C=O) groups excluding carboxylic acids is 7. The van der Waals surface area contributed by atoms with Crippen LogP contribution < -0.4 is 16.4 Å². The summed E-state index contributed by atoms with van der Waals surface area (Å²) in [5.41, 5.74) is 8.46. The van der Waals surface area contributed by atoms with E-state index in [9.17, 15) is 33.6 Å². The van der Waals surface area contributed by atoms with Crippen LogP contribution in [0.4, 0.5) is 14.4 Å². The minimum atomic E-state index is -1.42. The highest BCUT2D eigenvalue weighted by Crippen LogP contribution is 2.41. The van der Waals surface area contributed by atoms with E-state index in [1.807, 2.05) is 42.5 Å². The molecule has 18 heteroatoms. The van der Waals surface area contributed by atoms with Crippen LogP contribution in [0.5, 0.6) is 0 Å². The molecule has 2 aliphatic rings. The van der Waals surface area contributed by atoms with Crippen LogP contribution in [0.15, 0.2) is 126 Å². The zero-order chi connectivity index (χ0) is 50.0. The minimum absolute atomic E-state index is 0.0127. The van der Waals surface area contributed by atoms with Gasteiger partial charge in [-0.1, -0.05) is 121 Å². The van der Waals surface area contributed by atoms with Crippen molar-refractivity contribution in [1.29, 1.82) is 0 Å². The number of nitrogens with one attached hydrogen (secondary N) is 2. The quantitative estimate of drug-likeness (QED) is 0.0329. The first-order valence-corrected chi connectivity index (χ1v) is 23.2. The molecule has 6 rings (SSSR count). The third kappa shape index (κ3) is 15.5. The van der Waals surface area contributed by atoms with Crippen LogP contribution in [0, 0.1) is 5.92 Å². The van der Waals surface area contributed by atoms with Crippen molar-refractivity contribution in [3.05, 3.63) is 144 Å². The van der Waals surface area contributed by atoms with Gasteiger partial charge in [-0.15, -0.1) is 0 Å². The van der Waals surface area contributed by atoms with E-state index in [1.54, 1.807) is 99.6 Å². The van der Waals surface area contributed by atoms with Crippen LogP contribution >= 0.6 is 0 Å². The number of aliphatic imine (C=N–C) groups is 1. The van der Waals surface area contributed by atoms with Gasteiger partial charge in [-0.2, -0.15) is 0 Å². The first kappa shape index (κ1) is 51.8. The van der Waals surface area contributed by atoms with Crippen LogP contribution in [-0.2, 0) is 69.3 Å². The maximum atomic E-state index is 14.8. The number of esters is 2. The lowest BCUT2D eigenvalue weighted by Gasteiger charge is -2.42. The largest absolute Gasteiger partial charge is 0.461 e. The van der Waals surface area contributed by atoms with E-state index in [1.165, 1.54) is 4.90 Å².